The lowest BCUT2D eigenvalue weighted by Gasteiger charge is -2.09. The summed E-state index contributed by atoms with van der Waals surface area (Å²) in [7, 11) is 0. The zero-order valence-corrected chi connectivity index (χ0v) is 12.6. The van der Waals surface area contributed by atoms with E-state index in [0.29, 0.717) is 6.54 Å². The number of thioether (sulfide) groups is 1. The van der Waals surface area contributed by atoms with Crippen molar-refractivity contribution in [2.75, 3.05) is 24.7 Å². The van der Waals surface area contributed by atoms with Crippen molar-refractivity contribution in [2.24, 2.45) is 5.73 Å². The third-order valence-corrected chi connectivity index (χ3v) is 4.10. The van der Waals surface area contributed by atoms with Gasteiger partial charge in [0.15, 0.2) is 0 Å². The van der Waals surface area contributed by atoms with E-state index in [0.717, 1.165) is 29.7 Å². The monoisotopic (exact) mass is 317 g/mol. The molecular weight excluding hydrogens is 298 g/mol. The van der Waals surface area contributed by atoms with E-state index in [1.807, 2.05) is 23.9 Å². The summed E-state index contributed by atoms with van der Waals surface area (Å²) < 4.78 is 6.83. The van der Waals surface area contributed by atoms with Crippen molar-refractivity contribution in [3.8, 4) is 5.75 Å². The highest BCUT2D eigenvalue weighted by Crippen LogP contribution is 2.23. The molecule has 0 radical (unpaired) electrons. The summed E-state index contributed by atoms with van der Waals surface area (Å²) >= 11 is 5.47. The van der Waals surface area contributed by atoms with Crippen molar-refractivity contribution in [3.63, 3.8) is 0 Å². The van der Waals surface area contributed by atoms with E-state index in [-0.39, 0.29) is 0 Å². The molecule has 0 heterocycles. The fourth-order valence-corrected chi connectivity index (χ4v) is 2.54. The van der Waals surface area contributed by atoms with E-state index >= 15 is 0 Å². The molecular formula is C13H20BrNOS. The number of hydrogen-bond donors (Lipinski definition) is 1. The number of rotatable bonds is 8. The van der Waals surface area contributed by atoms with Crippen LogP contribution in [0.15, 0.2) is 22.7 Å². The minimum absolute atomic E-state index is 0.662. The molecule has 0 saturated heterocycles. The normalized spacial score (nSPS) is 10.5. The maximum Gasteiger partial charge on any atom is 0.119 e. The summed E-state index contributed by atoms with van der Waals surface area (Å²) in [6, 6.07) is 6.10. The Morgan fingerprint density at radius 3 is 2.94 bits per heavy atom. The number of hydrogen-bond acceptors (Lipinski definition) is 3. The van der Waals surface area contributed by atoms with Crippen LogP contribution in [-0.2, 0) is 6.42 Å². The molecule has 1 rings (SSSR count). The Hall–Kier alpha value is -0.190. The number of ether oxygens (including phenoxy) is 1. The molecule has 0 fully saturated rings. The smallest absolute Gasteiger partial charge is 0.119 e. The molecule has 96 valence electrons. The van der Waals surface area contributed by atoms with Crippen molar-refractivity contribution in [1.82, 2.24) is 0 Å². The van der Waals surface area contributed by atoms with Crippen LogP contribution in [-0.4, -0.2) is 24.7 Å². The van der Waals surface area contributed by atoms with Crippen LogP contribution >= 0.6 is 27.7 Å². The van der Waals surface area contributed by atoms with Gasteiger partial charge in [0.2, 0.25) is 0 Å². The summed E-state index contributed by atoms with van der Waals surface area (Å²) in [6.45, 7) is 3.63. The summed E-state index contributed by atoms with van der Waals surface area (Å²) in [5.74, 6) is 3.29. The third kappa shape index (κ3) is 5.80. The first-order chi connectivity index (χ1) is 8.27. The summed E-state index contributed by atoms with van der Waals surface area (Å²) in [5, 5.41) is 0. The second-order valence-electron chi connectivity index (χ2n) is 3.69. The van der Waals surface area contributed by atoms with Gasteiger partial charge in [0, 0.05) is 4.47 Å². The van der Waals surface area contributed by atoms with Gasteiger partial charge in [-0.25, -0.2) is 0 Å². The fourth-order valence-electron chi connectivity index (χ4n) is 1.48. The third-order valence-electron chi connectivity index (χ3n) is 2.34. The molecule has 17 heavy (non-hydrogen) atoms. The van der Waals surface area contributed by atoms with E-state index in [9.17, 15) is 0 Å². The first-order valence-electron chi connectivity index (χ1n) is 5.97. The molecule has 2 nitrogen and oxygen atoms in total. The number of nitrogens with two attached hydrogens (primary N) is 1. The highest BCUT2D eigenvalue weighted by Gasteiger charge is 2.01. The molecule has 1 aromatic rings. The molecule has 0 bridgehead atoms. The largest absolute Gasteiger partial charge is 0.494 e. The van der Waals surface area contributed by atoms with Gasteiger partial charge in [-0.3, -0.25) is 0 Å². The van der Waals surface area contributed by atoms with Crippen LogP contribution in [0.25, 0.3) is 0 Å². The lowest BCUT2D eigenvalue weighted by Crippen LogP contribution is -2.04. The van der Waals surface area contributed by atoms with Gasteiger partial charge in [-0.2, -0.15) is 11.8 Å². The molecule has 0 unspecified atom stereocenters. The highest BCUT2D eigenvalue weighted by molar-refractivity contribution is 9.10. The van der Waals surface area contributed by atoms with Crippen molar-refractivity contribution < 1.29 is 4.74 Å². The lowest BCUT2D eigenvalue weighted by molar-refractivity contribution is 0.318. The van der Waals surface area contributed by atoms with Crippen molar-refractivity contribution >= 4 is 27.7 Å². The van der Waals surface area contributed by atoms with E-state index < -0.39 is 0 Å². The molecule has 0 amide bonds. The topological polar surface area (TPSA) is 35.2 Å². The van der Waals surface area contributed by atoms with Crippen LogP contribution in [0.5, 0.6) is 5.75 Å². The Labute approximate surface area is 116 Å². The number of halogens is 1. The van der Waals surface area contributed by atoms with Crippen molar-refractivity contribution in [3.05, 3.63) is 28.2 Å². The van der Waals surface area contributed by atoms with Crippen molar-refractivity contribution in [1.29, 1.82) is 0 Å². The Morgan fingerprint density at radius 1 is 1.41 bits per heavy atom. The zero-order valence-electron chi connectivity index (χ0n) is 10.2. The van der Waals surface area contributed by atoms with Gasteiger partial charge >= 0.3 is 0 Å². The molecule has 0 aliphatic rings. The van der Waals surface area contributed by atoms with Gasteiger partial charge in [-0.1, -0.05) is 22.9 Å². The first kappa shape index (κ1) is 14.9. The Kier molecular flexibility index (Phi) is 7.73. The molecule has 0 aliphatic carbocycles. The molecule has 4 heteroatoms. The van der Waals surface area contributed by atoms with Gasteiger partial charge in [0.1, 0.15) is 5.75 Å². The SMILES string of the molecule is CCSCCCOc1ccc(Br)c(CCN)c1. The number of benzene rings is 1. The van der Waals surface area contributed by atoms with Crippen molar-refractivity contribution in [2.45, 2.75) is 19.8 Å². The average Bonchev–Trinajstić information content (AvgIpc) is 2.33. The summed E-state index contributed by atoms with van der Waals surface area (Å²) in [4.78, 5) is 0. The van der Waals surface area contributed by atoms with E-state index in [2.05, 4.69) is 28.9 Å². The maximum absolute atomic E-state index is 5.72. The van der Waals surface area contributed by atoms with Crippen LogP contribution in [0.4, 0.5) is 0 Å². The van der Waals surface area contributed by atoms with E-state index in [4.69, 9.17) is 10.5 Å². The Bertz CT molecular complexity index is 333. The van der Waals surface area contributed by atoms with E-state index in [1.165, 1.54) is 17.1 Å². The van der Waals surface area contributed by atoms with Crippen LogP contribution in [0, 0.1) is 0 Å². The summed E-state index contributed by atoms with van der Waals surface area (Å²) in [5.41, 5.74) is 6.79. The minimum atomic E-state index is 0.662. The van der Waals surface area contributed by atoms with Gasteiger partial charge in [0.05, 0.1) is 6.61 Å². The molecule has 0 aromatic heterocycles. The van der Waals surface area contributed by atoms with Crippen LogP contribution < -0.4 is 10.5 Å². The fraction of sp³-hybridized carbons (Fsp3) is 0.538. The molecule has 2 N–H and O–H groups in total. The molecule has 0 spiro atoms. The molecule has 1 aromatic carbocycles. The molecule has 0 atom stereocenters. The Balaban J connectivity index is 2.40. The first-order valence-corrected chi connectivity index (χ1v) is 7.91. The summed E-state index contributed by atoms with van der Waals surface area (Å²) in [6.07, 6.45) is 1.98. The quantitative estimate of drug-likeness (QED) is 0.746. The Morgan fingerprint density at radius 2 is 2.24 bits per heavy atom. The van der Waals surface area contributed by atoms with Crippen LogP contribution in [0.2, 0.25) is 0 Å². The molecule has 0 aliphatic heterocycles. The standard InChI is InChI=1S/C13H20BrNOS/c1-2-17-9-3-8-16-12-4-5-13(14)11(10-12)6-7-15/h4-5,10H,2-3,6-9,15H2,1H3. The van der Waals surface area contributed by atoms with Crippen LogP contribution in [0.3, 0.4) is 0 Å². The predicted molar refractivity (Wildman–Crippen MR) is 80.0 cm³/mol. The second-order valence-corrected chi connectivity index (χ2v) is 5.94. The van der Waals surface area contributed by atoms with Gasteiger partial charge in [-0.05, 0) is 54.7 Å². The minimum Gasteiger partial charge on any atom is -0.494 e. The second kappa shape index (κ2) is 8.84. The predicted octanol–water partition coefficient (Wildman–Crippen LogP) is 3.47. The van der Waals surface area contributed by atoms with E-state index in [1.54, 1.807) is 0 Å². The maximum atomic E-state index is 5.72. The van der Waals surface area contributed by atoms with Gasteiger partial charge in [-0.15, -0.1) is 0 Å². The average molecular weight is 318 g/mol. The zero-order chi connectivity index (χ0) is 12.5. The molecule has 0 saturated carbocycles. The van der Waals surface area contributed by atoms with Gasteiger partial charge in [0.25, 0.3) is 0 Å². The lowest BCUT2D eigenvalue weighted by atomic mass is 10.1. The van der Waals surface area contributed by atoms with Crippen LogP contribution in [0.1, 0.15) is 18.9 Å². The van der Waals surface area contributed by atoms with Gasteiger partial charge < -0.3 is 10.5 Å². The highest BCUT2D eigenvalue weighted by atomic mass is 79.9.